The van der Waals surface area contributed by atoms with Crippen LogP contribution in [0.2, 0.25) is 0 Å². The molecule has 0 saturated heterocycles. The Bertz CT molecular complexity index is 1070. The molecule has 3 rings (SSSR count). The Morgan fingerprint density at radius 3 is 2.38 bits per heavy atom. The van der Waals surface area contributed by atoms with Gasteiger partial charge in [0, 0.05) is 17.2 Å². The first kappa shape index (κ1) is 23.1. The number of anilines is 1. The Morgan fingerprint density at radius 1 is 1.03 bits per heavy atom. The molecule has 0 saturated carbocycles. The number of nitrogens with one attached hydrogen (secondary N) is 1. The zero-order valence-electron chi connectivity index (χ0n) is 18.9. The third kappa shape index (κ3) is 5.17. The lowest BCUT2D eigenvalue weighted by atomic mass is 10.0. The van der Waals surface area contributed by atoms with Crippen molar-refractivity contribution in [3.63, 3.8) is 0 Å². The molecule has 0 unspecified atom stereocenters. The number of nitrogens with zero attached hydrogens (tertiary/aromatic N) is 2. The van der Waals surface area contributed by atoms with Crippen LogP contribution >= 0.6 is 0 Å². The summed E-state index contributed by atoms with van der Waals surface area (Å²) in [6.45, 7) is 6.04. The first-order chi connectivity index (χ1) is 15.5. The lowest BCUT2D eigenvalue weighted by molar-refractivity contribution is -0.120. The van der Waals surface area contributed by atoms with E-state index in [9.17, 15) is 9.59 Å². The fourth-order valence-electron chi connectivity index (χ4n) is 3.47. The number of esters is 1. The average Bonchev–Trinajstić information content (AvgIpc) is 3.26. The molecule has 2 aromatic carbocycles. The average molecular weight is 436 g/mol. The van der Waals surface area contributed by atoms with E-state index in [1.807, 2.05) is 62.4 Å². The fourth-order valence-corrected chi connectivity index (χ4v) is 3.47. The first-order valence-electron chi connectivity index (χ1n) is 10.8. The van der Waals surface area contributed by atoms with E-state index in [0.717, 1.165) is 29.8 Å². The molecule has 1 N–H and O–H groups in total. The standard InChI is InChI=1S/C25H29N3O4/c1-5-17(6-2)24(29)26-19-10-8-9-18(15-19)23-16-22(25(30)32-7-3)27-28(23)20-11-13-21(31-4)14-12-20/h8-17H,5-7H2,1-4H3,(H,26,29). The highest BCUT2D eigenvalue weighted by Crippen LogP contribution is 2.28. The first-order valence-corrected chi connectivity index (χ1v) is 10.8. The van der Waals surface area contributed by atoms with Gasteiger partial charge in [-0.3, -0.25) is 4.79 Å². The maximum absolute atomic E-state index is 12.5. The van der Waals surface area contributed by atoms with Crippen LogP contribution < -0.4 is 10.1 Å². The third-order valence-electron chi connectivity index (χ3n) is 5.29. The van der Waals surface area contributed by atoms with E-state index in [1.54, 1.807) is 24.8 Å². The van der Waals surface area contributed by atoms with E-state index < -0.39 is 5.97 Å². The summed E-state index contributed by atoms with van der Waals surface area (Å²) in [6, 6.07) is 16.6. The predicted molar refractivity (Wildman–Crippen MR) is 124 cm³/mol. The molecule has 7 heteroatoms. The largest absolute Gasteiger partial charge is 0.497 e. The van der Waals surface area contributed by atoms with Crippen LogP contribution in [0.1, 0.15) is 44.1 Å². The quantitative estimate of drug-likeness (QED) is 0.473. The van der Waals surface area contributed by atoms with Crippen molar-refractivity contribution in [1.82, 2.24) is 9.78 Å². The van der Waals surface area contributed by atoms with Gasteiger partial charge in [-0.25, -0.2) is 9.48 Å². The summed E-state index contributed by atoms with van der Waals surface area (Å²) in [5.74, 6) is 0.209. The predicted octanol–water partition coefficient (Wildman–Crippen LogP) is 5.10. The summed E-state index contributed by atoms with van der Waals surface area (Å²) >= 11 is 0. The molecule has 0 aliphatic heterocycles. The fraction of sp³-hybridized carbons (Fsp3) is 0.320. The summed E-state index contributed by atoms with van der Waals surface area (Å²) in [6.07, 6.45) is 1.57. The molecule has 3 aromatic rings. The minimum absolute atomic E-state index is 0.00280. The zero-order valence-corrected chi connectivity index (χ0v) is 18.9. The van der Waals surface area contributed by atoms with Crippen molar-refractivity contribution >= 4 is 17.6 Å². The summed E-state index contributed by atoms with van der Waals surface area (Å²) in [5, 5.41) is 7.49. The van der Waals surface area contributed by atoms with E-state index in [2.05, 4.69) is 10.4 Å². The van der Waals surface area contributed by atoms with Crippen LogP contribution in [0.25, 0.3) is 16.9 Å². The molecule has 0 bridgehead atoms. The van der Waals surface area contributed by atoms with Crippen molar-refractivity contribution < 1.29 is 19.1 Å². The number of hydrogen-bond acceptors (Lipinski definition) is 5. The van der Waals surface area contributed by atoms with E-state index in [1.165, 1.54) is 0 Å². The lowest BCUT2D eigenvalue weighted by Crippen LogP contribution is -2.21. The number of carbonyl (C=O) groups is 2. The van der Waals surface area contributed by atoms with Gasteiger partial charge in [-0.1, -0.05) is 26.0 Å². The topological polar surface area (TPSA) is 82.5 Å². The Kier molecular flexibility index (Phi) is 7.65. The third-order valence-corrected chi connectivity index (χ3v) is 5.29. The molecule has 1 aromatic heterocycles. The Balaban J connectivity index is 2.02. The molecule has 0 fully saturated rings. The molecule has 1 amide bonds. The number of ether oxygens (including phenoxy) is 2. The molecule has 1 heterocycles. The van der Waals surface area contributed by atoms with Gasteiger partial charge < -0.3 is 14.8 Å². The molecule has 0 radical (unpaired) electrons. The lowest BCUT2D eigenvalue weighted by Gasteiger charge is -2.14. The van der Waals surface area contributed by atoms with E-state index in [-0.39, 0.29) is 24.1 Å². The van der Waals surface area contributed by atoms with Crippen LogP contribution in [0, 0.1) is 5.92 Å². The van der Waals surface area contributed by atoms with E-state index in [4.69, 9.17) is 9.47 Å². The molecule has 0 aliphatic rings. The van der Waals surface area contributed by atoms with Crippen LogP contribution in [0.5, 0.6) is 5.75 Å². The van der Waals surface area contributed by atoms with Gasteiger partial charge in [0.05, 0.1) is 25.1 Å². The van der Waals surface area contributed by atoms with Crippen molar-refractivity contribution in [2.75, 3.05) is 19.0 Å². The van der Waals surface area contributed by atoms with E-state index in [0.29, 0.717) is 11.4 Å². The number of amides is 1. The maximum atomic E-state index is 12.5. The van der Waals surface area contributed by atoms with Crippen LogP contribution in [-0.4, -0.2) is 35.4 Å². The van der Waals surface area contributed by atoms with Gasteiger partial charge >= 0.3 is 5.97 Å². The number of benzene rings is 2. The smallest absolute Gasteiger partial charge is 0.358 e. The van der Waals surface area contributed by atoms with Gasteiger partial charge in [-0.05, 0) is 62.2 Å². The van der Waals surface area contributed by atoms with E-state index >= 15 is 0 Å². The van der Waals surface area contributed by atoms with Gasteiger partial charge in [-0.15, -0.1) is 0 Å². The van der Waals surface area contributed by atoms with Crippen molar-refractivity contribution in [3.05, 3.63) is 60.3 Å². The second-order valence-corrected chi connectivity index (χ2v) is 7.33. The van der Waals surface area contributed by atoms with Crippen LogP contribution in [0.3, 0.4) is 0 Å². The number of rotatable bonds is 9. The number of methoxy groups -OCH3 is 1. The zero-order chi connectivity index (χ0) is 23.1. The van der Waals surface area contributed by atoms with Crippen molar-refractivity contribution in [2.45, 2.75) is 33.6 Å². The summed E-state index contributed by atoms with van der Waals surface area (Å²) in [7, 11) is 1.61. The number of hydrogen-bond donors (Lipinski definition) is 1. The summed E-state index contributed by atoms with van der Waals surface area (Å²) < 4.78 is 12.1. The van der Waals surface area contributed by atoms with Gasteiger partial charge in [-0.2, -0.15) is 5.10 Å². The minimum Gasteiger partial charge on any atom is -0.497 e. The van der Waals surface area contributed by atoms with Crippen molar-refractivity contribution in [2.24, 2.45) is 5.92 Å². The summed E-state index contributed by atoms with van der Waals surface area (Å²) in [4.78, 5) is 24.9. The highest BCUT2D eigenvalue weighted by Gasteiger charge is 2.19. The van der Waals surface area contributed by atoms with Crippen molar-refractivity contribution in [3.8, 4) is 22.7 Å². The monoisotopic (exact) mass is 435 g/mol. The molecule has 32 heavy (non-hydrogen) atoms. The van der Waals surface area contributed by atoms with Gasteiger partial charge in [0.15, 0.2) is 5.69 Å². The number of carbonyl (C=O) groups excluding carboxylic acids is 2. The molecule has 7 nitrogen and oxygen atoms in total. The normalized spacial score (nSPS) is 10.8. The van der Waals surface area contributed by atoms with Crippen LogP contribution in [0.4, 0.5) is 5.69 Å². The van der Waals surface area contributed by atoms with Gasteiger partial charge in [0.25, 0.3) is 0 Å². The Morgan fingerprint density at radius 2 is 1.75 bits per heavy atom. The molecular weight excluding hydrogens is 406 g/mol. The van der Waals surface area contributed by atoms with Gasteiger partial charge in [0.2, 0.25) is 5.91 Å². The second kappa shape index (κ2) is 10.6. The molecule has 0 aliphatic carbocycles. The SMILES string of the molecule is CCOC(=O)c1cc(-c2cccc(NC(=O)C(CC)CC)c2)n(-c2ccc(OC)cc2)n1. The van der Waals surface area contributed by atoms with Crippen LogP contribution in [0.15, 0.2) is 54.6 Å². The molecular formula is C25H29N3O4. The molecule has 168 valence electrons. The highest BCUT2D eigenvalue weighted by atomic mass is 16.5. The van der Waals surface area contributed by atoms with Crippen LogP contribution in [-0.2, 0) is 9.53 Å². The maximum Gasteiger partial charge on any atom is 0.358 e. The van der Waals surface area contributed by atoms with Gasteiger partial charge in [0.1, 0.15) is 5.75 Å². The molecule has 0 atom stereocenters. The minimum atomic E-state index is -0.487. The second-order valence-electron chi connectivity index (χ2n) is 7.33. The van der Waals surface area contributed by atoms with Crippen molar-refractivity contribution in [1.29, 1.82) is 0 Å². The Labute approximate surface area is 188 Å². The molecule has 0 spiro atoms. The number of aromatic nitrogens is 2. The highest BCUT2D eigenvalue weighted by molar-refractivity contribution is 5.93. The Hall–Kier alpha value is -3.61. The summed E-state index contributed by atoms with van der Waals surface area (Å²) in [5.41, 5.74) is 3.19.